The second-order valence-electron chi connectivity index (χ2n) is 2.25. The van der Waals surface area contributed by atoms with Crippen LogP contribution in [0, 0.1) is 0 Å². The fourth-order valence-corrected chi connectivity index (χ4v) is 0.714. The molecule has 2 heteroatoms. The summed E-state index contributed by atoms with van der Waals surface area (Å²) in [5.74, 6) is 0. The smallest absolute Gasteiger partial charge is 0.206 e. The standard InChI is InChI=1S/C8H10.C2H5NO/c1-2-8-6-4-3-5-7-8;1-3-2-4/h3-7H,2H2,1H3;2H,1H3,(H,3,4). The Morgan fingerprint density at radius 1 is 1.33 bits per heavy atom. The van der Waals surface area contributed by atoms with E-state index in [4.69, 9.17) is 4.79 Å². The number of benzene rings is 1. The van der Waals surface area contributed by atoms with Crippen LogP contribution in [0.5, 0.6) is 0 Å². The number of hydrogen-bond acceptors (Lipinski definition) is 1. The van der Waals surface area contributed by atoms with Crippen molar-refractivity contribution in [1.82, 2.24) is 5.32 Å². The molecule has 66 valence electrons. The predicted molar refractivity (Wildman–Crippen MR) is 50.9 cm³/mol. The van der Waals surface area contributed by atoms with Crippen molar-refractivity contribution in [2.75, 3.05) is 7.05 Å². The molecule has 0 radical (unpaired) electrons. The number of carbonyl (C=O) groups is 1. The van der Waals surface area contributed by atoms with Crippen LogP contribution in [0.1, 0.15) is 12.5 Å². The summed E-state index contributed by atoms with van der Waals surface area (Å²) in [7, 11) is 1.56. The van der Waals surface area contributed by atoms with Crippen molar-refractivity contribution in [3.05, 3.63) is 35.9 Å². The van der Waals surface area contributed by atoms with Gasteiger partial charge in [0, 0.05) is 7.05 Å². The van der Waals surface area contributed by atoms with E-state index in [1.807, 2.05) is 6.07 Å². The molecule has 0 aliphatic heterocycles. The zero-order chi connectivity index (χ0) is 9.23. The lowest BCUT2D eigenvalue weighted by molar-refractivity contribution is -0.109. The van der Waals surface area contributed by atoms with Gasteiger partial charge in [-0.3, -0.25) is 4.79 Å². The van der Waals surface area contributed by atoms with Crippen molar-refractivity contribution in [2.24, 2.45) is 0 Å². The van der Waals surface area contributed by atoms with Crippen molar-refractivity contribution in [3.8, 4) is 0 Å². The molecule has 1 aromatic rings. The van der Waals surface area contributed by atoms with Crippen molar-refractivity contribution in [2.45, 2.75) is 13.3 Å². The summed E-state index contributed by atoms with van der Waals surface area (Å²) in [5.41, 5.74) is 1.41. The molecule has 0 unspecified atom stereocenters. The third kappa shape index (κ3) is 5.47. The Hall–Kier alpha value is -1.31. The molecule has 0 saturated carbocycles. The van der Waals surface area contributed by atoms with E-state index in [9.17, 15) is 0 Å². The van der Waals surface area contributed by atoms with Crippen molar-refractivity contribution >= 4 is 6.41 Å². The molecule has 0 atom stereocenters. The highest BCUT2D eigenvalue weighted by molar-refractivity contribution is 5.44. The average Bonchev–Trinajstić information content (AvgIpc) is 2.19. The highest BCUT2D eigenvalue weighted by Gasteiger charge is 1.79. The Morgan fingerprint density at radius 3 is 2.08 bits per heavy atom. The van der Waals surface area contributed by atoms with E-state index in [2.05, 4.69) is 36.5 Å². The maximum absolute atomic E-state index is 9.06. The summed E-state index contributed by atoms with van der Waals surface area (Å²) >= 11 is 0. The fraction of sp³-hybridized carbons (Fsp3) is 0.300. The molecule has 0 saturated heterocycles. The molecule has 0 fully saturated rings. The van der Waals surface area contributed by atoms with E-state index >= 15 is 0 Å². The van der Waals surface area contributed by atoms with Crippen LogP contribution in [-0.2, 0) is 11.2 Å². The second-order valence-corrected chi connectivity index (χ2v) is 2.25. The third-order valence-electron chi connectivity index (χ3n) is 1.37. The van der Waals surface area contributed by atoms with E-state index in [0.29, 0.717) is 6.41 Å². The fourth-order valence-electron chi connectivity index (χ4n) is 0.714. The second kappa shape index (κ2) is 7.79. The zero-order valence-electron chi connectivity index (χ0n) is 7.58. The molecule has 1 rings (SSSR count). The first-order chi connectivity index (χ1) is 5.85. The van der Waals surface area contributed by atoms with Crippen LogP contribution in [0.4, 0.5) is 0 Å². The highest BCUT2D eigenvalue weighted by atomic mass is 16.1. The molecule has 0 aromatic heterocycles. The Bertz CT molecular complexity index is 196. The van der Waals surface area contributed by atoms with Crippen LogP contribution < -0.4 is 5.32 Å². The van der Waals surface area contributed by atoms with Crippen LogP contribution in [0.3, 0.4) is 0 Å². The monoisotopic (exact) mass is 165 g/mol. The quantitative estimate of drug-likeness (QED) is 0.663. The Balaban J connectivity index is 0.000000261. The summed E-state index contributed by atoms with van der Waals surface area (Å²) < 4.78 is 0. The lowest BCUT2D eigenvalue weighted by Gasteiger charge is -1.89. The predicted octanol–water partition coefficient (Wildman–Crippen LogP) is 1.61. The van der Waals surface area contributed by atoms with Crippen LogP contribution >= 0.6 is 0 Å². The first-order valence-corrected chi connectivity index (χ1v) is 4.00. The maximum Gasteiger partial charge on any atom is 0.206 e. The molecule has 12 heavy (non-hydrogen) atoms. The third-order valence-corrected chi connectivity index (χ3v) is 1.37. The highest BCUT2D eigenvalue weighted by Crippen LogP contribution is 1.96. The summed E-state index contributed by atoms with van der Waals surface area (Å²) in [6, 6.07) is 10.5. The number of nitrogens with one attached hydrogen (secondary N) is 1. The van der Waals surface area contributed by atoms with E-state index in [1.54, 1.807) is 7.05 Å². The van der Waals surface area contributed by atoms with Crippen LogP contribution in [0.25, 0.3) is 0 Å². The molecule has 0 spiro atoms. The molecule has 2 nitrogen and oxygen atoms in total. The van der Waals surface area contributed by atoms with Gasteiger partial charge in [0.05, 0.1) is 0 Å². The number of rotatable bonds is 2. The SMILES string of the molecule is CCc1ccccc1.CNC=O. The lowest BCUT2D eigenvalue weighted by atomic mass is 10.2. The molecule has 1 amide bonds. The molecular weight excluding hydrogens is 150 g/mol. The van der Waals surface area contributed by atoms with Gasteiger partial charge >= 0.3 is 0 Å². The summed E-state index contributed by atoms with van der Waals surface area (Å²) in [6.07, 6.45) is 1.76. The van der Waals surface area contributed by atoms with Crippen LogP contribution in [0.15, 0.2) is 30.3 Å². The number of carbonyl (C=O) groups excluding carboxylic acids is 1. The van der Waals surface area contributed by atoms with Gasteiger partial charge in [0.15, 0.2) is 0 Å². The summed E-state index contributed by atoms with van der Waals surface area (Å²) in [5, 5.41) is 2.25. The minimum atomic E-state index is 0.625. The molecule has 0 aliphatic carbocycles. The number of hydrogen-bond donors (Lipinski definition) is 1. The van der Waals surface area contributed by atoms with Gasteiger partial charge in [-0.15, -0.1) is 0 Å². The Labute approximate surface area is 73.6 Å². The minimum Gasteiger partial charge on any atom is -0.362 e. The normalized spacial score (nSPS) is 7.83. The average molecular weight is 165 g/mol. The Kier molecular flexibility index (Phi) is 6.94. The van der Waals surface area contributed by atoms with E-state index < -0.39 is 0 Å². The van der Waals surface area contributed by atoms with Crippen molar-refractivity contribution in [1.29, 1.82) is 0 Å². The minimum absolute atomic E-state index is 0.625. The molecule has 1 aromatic carbocycles. The van der Waals surface area contributed by atoms with Gasteiger partial charge in [-0.25, -0.2) is 0 Å². The van der Waals surface area contributed by atoms with Crippen LogP contribution in [-0.4, -0.2) is 13.5 Å². The molecular formula is C10H15NO. The number of amides is 1. The molecule has 0 aliphatic rings. The molecule has 1 N–H and O–H groups in total. The van der Waals surface area contributed by atoms with Gasteiger partial charge in [-0.2, -0.15) is 0 Å². The van der Waals surface area contributed by atoms with E-state index in [0.717, 1.165) is 6.42 Å². The lowest BCUT2D eigenvalue weighted by Crippen LogP contribution is -1.98. The van der Waals surface area contributed by atoms with Crippen LogP contribution in [0.2, 0.25) is 0 Å². The zero-order valence-corrected chi connectivity index (χ0v) is 7.58. The van der Waals surface area contributed by atoms with E-state index in [1.165, 1.54) is 5.56 Å². The van der Waals surface area contributed by atoms with E-state index in [-0.39, 0.29) is 0 Å². The summed E-state index contributed by atoms with van der Waals surface area (Å²) in [4.78, 5) is 9.06. The maximum atomic E-state index is 9.06. The van der Waals surface area contributed by atoms with Crippen molar-refractivity contribution in [3.63, 3.8) is 0 Å². The van der Waals surface area contributed by atoms with Gasteiger partial charge in [0.1, 0.15) is 0 Å². The largest absolute Gasteiger partial charge is 0.362 e. The molecule has 0 bridgehead atoms. The number of aryl methyl sites for hydroxylation is 1. The topological polar surface area (TPSA) is 29.1 Å². The van der Waals surface area contributed by atoms with Gasteiger partial charge in [0.2, 0.25) is 6.41 Å². The first-order valence-electron chi connectivity index (χ1n) is 4.00. The molecule has 0 heterocycles. The van der Waals surface area contributed by atoms with Gasteiger partial charge in [0.25, 0.3) is 0 Å². The first kappa shape index (κ1) is 10.7. The van der Waals surface area contributed by atoms with Crippen molar-refractivity contribution < 1.29 is 4.79 Å². The summed E-state index contributed by atoms with van der Waals surface area (Å²) in [6.45, 7) is 2.16. The Morgan fingerprint density at radius 2 is 1.83 bits per heavy atom. The van der Waals surface area contributed by atoms with Gasteiger partial charge in [-0.1, -0.05) is 37.3 Å². The van der Waals surface area contributed by atoms with Gasteiger partial charge < -0.3 is 5.32 Å². The van der Waals surface area contributed by atoms with Gasteiger partial charge in [-0.05, 0) is 12.0 Å².